The molecule has 1 heterocycles. The van der Waals surface area contributed by atoms with Gasteiger partial charge in [0.1, 0.15) is 24.4 Å². The third kappa shape index (κ3) is 11.1. The molecular formula is C25H47NO5. The molecule has 0 spiro atoms. The van der Waals surface area contributed by atoms with Crippen LogP contribution in [0, 0.1) is 11.3 Å². The van der Waals surface area contributed by atoms with Crippen molar-refractivity contribution in [3.05, 3.63) is 0 Å². The van der Waals surface area contributed by atoms with Crippen molar-refractivity contribution in [2.75, 3.05) is 33.0 Å². The fraction of sp³-hybridized carbons (Fsp3) is 0.960. The molecule has 1 aliphatic rings. The van der Waals surface area contributed by atoms with Gasteiger partial charge in [0.2, 0.25) is 0 Å². The van der Waals surface area contributed by atoms with Gasteiger partial charge in [-0.1, -0.05) is 53.4 Å². The Morgan fingerprint density at radius 1 is 0.677 bits per heavy atom. The SMILES string of the molecule is CCCCOC[C@H]1O[C@H](CCC#N)[C@@H](OCCCC)[C@@H](OCCCC)[C@@H]1OCCCC. The monoisotopic (exact) mass is 441 g/mol. The van der Waals surface area contributed by atoms with Crippen molar-refractivity contribution in [1.82, 2.24) is 0 Å². The Bertz CT molecular complexity index is 456. The molecule has 0 aliphatic carbocycles. The summed E-state index contributed by atoms with van der Waals surface area (Å²) in [6.45, 7) is 11.9. The Balaban J connectivity index is 3.03. The summed E-state index contributed by atoms with van der Waals surface area (Å²) in [7, 11) is 0. The van der Waals surface area contributed by atoms with E-state index in [-0.39, 0.29) is 30.5 Å². The standard InChI is InChI=1S/C25H47NO5/c1-5-9-16-27-20-22-24(29-18-11-7-3)25(30-19-12-8-4)23(28-17-10-6-2)21(31-22)14-13-15-26/h21-25H,5-14,16-20H2,1-4H3/t21-,22-,23-,24-,25-/m1/s1. The molecule has 6 heteroatoms. The van der Waals surface area contributed by atoms with Crippen LogP contribution in [-0.4, -0.2) is 63.6 Å². The largest absolute Gasteiger partial charge is 0.379 e. The topological polar surface area (TPSA) is 69.9 Å². The van der Waals surface area contributed by atoms with E-state index in [1.165, 1.54) is 0 Å². The van der Waals surface area contributed by atoms with Crippen LogP contribution in [0.15, 0.2) is 0 Å². The van der Waals surface area contributed by atoms with Gasteiger partial charge in [0.25, 0.3) is 0 Å². The average Bonchev–Trinajstić information content (AvgIpc) is 2.78. The molecule has 1 fully saturated rings. The highest BCUT2D eigenvalue weighted by atomic mass is 16.6. The summed E-state index contributed by atoms with van der Waals surface area (Å²) in [5, 5.41) is 9.17. The van der Waals surface area contributed by atoms with Crippen molar-refractivity contribution in [1.29, 1.82) is 5.26 Å². The first kappa shape index (κ1) is 28.3. The molecule has 0 saturated carbocycles. The maximum atomic E-state index is 9.17. The molecule has 31 heavy (non-hydrogen) atoms. The van der Waals surface area contributed by atoms with E-state index in [0.29, 0.717) is 39.3 Å². The van der Waals surface area contributed by atoms with Gasteiger partial charge in [-0.3, -0.25) is 0 Å². The molecule has 0 amide bonds. The maximum absolute atomic E-state index is 9.17. The highest BCUT2D eigenvalue weighted by molar-refractivity contribution is 4.96. The first-order valence-corrected chi connectivity index (χ1v) is 12.7. The van der Waals surface area contributed by atoms with Gasteiger partial charge in [0, 0.05) is 32.8 Å². The molecule has 0 N–H and O–H groups in total. The second kappa shape index (κ2) is 18.8. The number of unbranched alkanes of at least 4 members (excludes halogenated alkanes) is 4. The summed E-state index contributed by atoms with van der Waals surface area (Å²) in [6, 6.07) is 2.26. The van der Waals surface area contributed by atoms with Gasteiger partial charge in [-0.25, -0.2) is 0 Å². The van der Waals surface area contributed by atoms with E-state index in [9.17, 15) is 5.26 Å². The molecule has 5 atom stereocenters. The van der Waals surface area contributed by atoms with Crippen molar-refractivity contribution >= 4 is 0 Å². The lowest BCUT2D eigenvalue weighted by atomic mass is 9.92. The van der Waals surface area contributed by atoms with Crippen molar-refractivity contribution < 1.29 is 23.7 Å². The van der Waals surface area contributed by atoms with Crippen molar-refractivity contribution in [2.45, 2.75) is 122 Å². The van der Waals surface area contributed by atoms with Crippen LogP contribution in [0.25, 0.3) is 0 Å². The predicted octanol–water partition coefficient (Wildman–Crippen LogP) is 5.43. The third-order valence-corrected chi connectivity index (χ3v) is 5.62. The van der Waals surface area contributed by atoms with E-state index in [2.05, 4.69) is 33.8 Å². The van der Waals surface area contributed by atoms with E-state index in [1.54, 1.807) is 0 Å². The van der Waals surface area contributed by atoms with Gasteiger partial charge >= 0.3 is 0 Å². The Morgan fingerprint density at radius 3 is 1.68 bits per heavy atom. The average molecular weight is 442 g/mol. The number of rotatable bonds is 19. The maximum Gasteiger partial charge on any atom is 0.115 e. The fourth-order valence-corrected chi connectivity index (χ4v) is 3.69. The normalized spacial score (nSPS) is 26.1. The van der Waals surface area contributed by atoms with Crippen LogP contribution in [0.2, 0.25) is 0 Å². The molecule has 1 saturated heterocycles. The van der Waals surface area contributed by atoms with Gasteiger partial charge in [-0.05, 0) is 32.1 Å². The van der Waals surface area contributed by atoms with Gasteiger partial charge < -0.3 is 23.7 Å². The Labute approximate surface area is 190 Å². The van der Waals surface area contributed by atoms with E-state index >= 15 is 0 Å². The minimum Gasteiger partial charge on any atom is -0.379 e. The van der Waals surface area contributed by atoms with Crippen LogP contribution in [-0.2, 0) is 23.7 Å². The zero-order valence-corrected chi connectivity index (χ0v) is 20.5. The lowest BCUT2D eigenvalue weighted by Crippen LogP contribution is -2.61. The molecule has 6 nitrogen and oxygen atoms in total. The van der Waals surface area contributed by atoms with Crippen molar-refractivity contribution in [3.63, 3.8) is 0 Å². The van der Waals surface area contributed by atoms with Crippen LogP contribution < -0.4 is 0 Å². The lowest BCUT2D eigenvalue weighted by Gasteiger charge is -2.46. The van der Waals surface area contributed by atoms with Crippen LogP contribution in [0.3, 0.4) is 0 Å². The molecule has 0 bridgehead atoms. The number of nitrogens with zero attached hydrogens (tertiary/aromatic N) is 1. The Hall–Kier alpha value is -0.710. The van der Waals surface area contributed by atoms with E-state index in [1.807, 2.05) is 0 Å². The number of hydrogen-bond acceptors (Lipinski definition) is 6. The molecule has 0 aromatic rings. The summed E-state index contributed by atoms with van der Waals surface area (Å²) >= 11 is 0. The van der Waals surface area contributed by atoms with Crippen molar-refractivity contribution in [2.24, 2.45) is 0 Å². The van der Waals surface area contributed by atoms with Crippen LogP contribution in [0.4, 0.5) is 0 Å². The van der Waals surface area contributed by atoms with Crippen LogP contribution in [0.5, 0.6) is 0 Å². The Morgan fingerprint density at radius 2 is 1.16 bits per heavy atom. The zero-order valence-electron chi connectivity index (χ0n) is 20.5. The molecule has 182 valence electrons. The van der Waals surface area contributed by atoms with E-state index < -0.39 is 0 Å². The van der Waals surface area contributed by atoms with Crippen LogP contribution >= 0.6 is 0 Å². The van der Waals surface area contributed by atoms with E-state index in [0.717, 1.165) is 58.0 Å². The molecule has 1 rings (SSSR count). The highest BCUT2D eigenvalue weighted by Crippen LogP contribution is 2.31. The molecule has 0 unspecified atom stereocenters. The highest BCUT2D eigenvalue weighted by Gasteiger charge is 2.47. The van der Waals surface area contributed by atoms with Gasteiger partial charge in [-0.15, -0.1) is 0 Å². The molecule has 1 aliphatic heterocycles. The molecule has 0 radical (unpaired) electrons. The summed E-state index contributed by atoms with van der Waals surface area (Å²) in [4.78, 5) is 0. The number of hydrogen-bond donors (Lipinski definition) is 0. The quantitative estimate of drug-likeness (QED) is 0.249. The summed E-state index contributed by atoms with van der Waals surface area (Å²) in [5.41, 5.74) is 0. The Kier molecular flexibility index (Phi) is 17.2. The number of nitriles is 1. The van der Waals surface area contributed by atoms with E-state index in [4.69, 9.17) is 23.7 Å². The van der Waals surface area contributed by atoms with Gasteiger partial charge in [0.05, 0.1) is 18.8 Å². The van der Waals surface area contributed by atoms with Crippen molar-refractivity contribution in [3.8, 4) is 6.07 Å². The van der Waals surface area contributed by atoms with Gasteiger partial charge in [-0.2, -0.15) is 5.26 Å². The molecule has 0 aromatic carbocycles. The van der Waals surface area contributed by atoms with Gasteiger partial charge in [0.15, 0.2) is 0 Å². The second-order valence-electron chi connectivity index (χ2n) is 8.41. The molecule has 0 aromatic heterocycles. The third-order valence-electron chi connectivity index (χ3n) is 5.62. The second-order valence-corrected chi connectivity index (χ2v) is 8.41. The fourth-order valence-electron chi connectivity index (χ4n) is 3.69. The first-order chi connectivity index (χ1) is 15.2. The lowest BCUT2D eigenvalue weighted by molar-refractivity contribution is -0.266. The number of ether oxygens (including phenoxy) is 5. The summed E-state index contributed by atoms with van der Waals surface area (Å²) in [5.74, 6) is 0. The van der Waals surface area contributed by atoms with Crippen LogP contribution in [0.1, 0.15) is 91.9 Å². The molecular weight excluding hydrogens is 394 g/mol. The predicted molar refractivity (Wildman–Crippen MR) is 123 cm³/mol. The zero-order chi connectivity index (χ0) is 22.7. The smallest absolute Gasteiger partial charge is 0.115 e. The minimum atomic E-state index is -0.227. The first-order valence-electron chi connectivity index (χ1n) is 12.7. The minimum absolute atomic E-state index is 0.186. The summed E-state index contributed by atoms with van der Waals surface area (Å²) in [6.07, 6.45) is 8.36. The summed E-state index contributed by atoms with van der Waals surface area (Å²) < 4.78 is 31.5.